The first-order valence-corrected chi connectivity index (χ1v) is 6.50. The van der Waals surface area contributed by atoms with Gasteiger partial charge in [-0.15, -0.1) is 0 Å². The smallest absolute Gasteiger partial charge is 0.137 e. The van der Waals surface area contributed by atoms with Crippen LogP contribution in [0.1, 0.15) is 19.4 Å². The van der Waals surface area contributed by atoms with Crippen LogP contribution < -0.4 is 10.5 Å². The van der Waals surface area contributed by atoms with E-state index in [0.29, 0.717) is 13.2 Å². The Hall–Kier alpha value is -1.88. The molecule has 0 aromatic carbocycles. The molecular formula is C14H22N4O. The summed E-state index contributed by atoms with van der Waals surface area (Å²) in [5, 5.41) is 0. The molecule has 0 spiro atoms. The predicted molar refractivity (Wildman–Crippen MR) is 76.0 cm³/mol. The molecule has 0 saturated carbocycles. The normalized spacial score (nSPS) is 11.4. The number of imidazole rings is 1. The molecule has 0 bridgehead atoms. The fourth-order valence-corrected chi connectivity index (χ4v) is 1.53. The number of nitrogens with two attached hydrogens (primary N) is 1. The molecule has 2 N–H and O–H groups in total. The molecule has 19 heavy (non-hydrogen) atoms. The van der Waals surface area contributed by atoms with Gasteiger partial charge in [0.15, 0.2) is 0 Å². The summed E-state index contributed by atoms with van der Waals surface area (Å²) in [6.45, 7) is 7.13. The minimum atomic E-state index is -0.0651. The molecule has 2 heterocycles. The Morgan fingerprint density at radius 3 is 2.74 bits per heavy atom. The monoisotopic (exact) mass is 262 g/mol. The summed E-state index contributed by atoms with van der Waals surface area (Å²) in [5.41, 5.74) is 7.03. The molecule has 0 amide bonds. The van der Waals surface area contributed by atoms with Crippen molar-refractivity contribution in [3.63, 3.8) is 0 Å². The van der Waals surface area contributed by atoms with E-state index in [4.69, 9.17) is 10.5 Å². The zero-order valence-corrected chi connectivity index (χ0v) is 11.8. The van der Waals surface area contributed by atoms with Crippen LogP contribution in [0.2, 0.25) is 0 Å². The molecule has 2 aromatic heterocycles. The van der Waals surface area contributed by atoms with Crippen LogP contribution in [0.25, 0.3) is 0 Å². The van der Waals surface area contributed by atoms with Gasteiger partial charge in [0.2, 0.25) is 0 Å². The number of pyridine rings is 1. The highest BCUT2D eigenvalue weighted by Gasteiger charge is 2.04. The van der Waals surface area contributed by atoms with Crippen LogP contribution in [0, 0.1) is 6.92 Å². The zero-order chi connectivity index (χ0) is 14.1. The van der Waals surface area contributed by atoms with E-state index in [0.717, 1.165) is 11.3 Å². The van der Waals surface area contributed by atoms with E-state index in [-0.39, 0.29) is 6.04 Å². The van der Waals surface area contributed by atoms with Crippen LogP contribution in [0.3, 0.4) is 0 Å². The molecule has 0 radical (unpaired) electrons. The predicted octanol–water partition coefficient (Wildman–Crippen LogP) is 2.02. The Morgan fingerprint density at radius 2 is 2.11 bits per heavy atom. The van der Waals surface area contributed by atoms with Crippen molar-refractivity contribution in [3.8, 4) is 5.75 Å². The fraction of sp³-hybridized carbons (Fsp3) is 0.429. The van der Waals surface area contributed by atoms with E-state index in [1.807, 2.05) is 37.6 Å². The minimum absolute atomic E-state index is 0.0651. The van der Waals surface area contributed by atoms with Crippen molar-refractivity contribution < 1.29 is 4.74 Å². The van der Waals surface area contributed by atoms with Crippen molar-refractivity contribution in [2.75, 3.05) is 6.61 Å². The van der Waals surface area contributed by atoms with Gasteiger partial charge in [-0.1, -0.05) is 13.8 Å². The van der Waals surface area contributed by atoms with Crippen molar-refractivity contribution in [3.05, 3.63) is 42.7 Å². The molecule has 2 rings (SSSR count). The van der Waals surface area contributed by atoms with E-state index in [9.17, 15) is 0 Å². The van der Waals surface area contributed by atoms with Crippen LogP contribution in [0.4, 0.5) is 0 Å². The van der Waals surface area contributed by atoms with E-state index in [1.165, 1.54) is 0 Å². The Labute approximate surface area is 114 Å². The van der Waals surface area contributed by atoms with Gasteiger partial charge in [0.1, 0.15) is 12.4 Å². The number of ether oxygens (including phenoxy) is 1. The van der Waals surface area contributed by atoms with Gasteiger partial charge in [-0.05, 0) is 18.6 Å². The lowest BCUT2D eigenvalue weighted by molar-refractivity contribution is 0.274. The fourth-order valence-electron chi connectivity index (χ4n) is 1.53. The first kappa shape index (κ1) is 15.2. The quantitative estimate of drug-likeness (QED) is 0.895. The number of hydrogen-bond acceptors (Lipinski definition) is 4. The highest BCUT2D eigenvalue weighted by atomic mass is 16.5. The average molecular weight is 262 g/mol. The van der Waals surface area contributed by atoms with Crippen molar-refractivity contribution in [1.29, 1.82) is 0 Å². The molecule has 5 heteroatoms. The molecule has 104 valence electrons. The molecule has 0 aliphatic rings. The van der Waals surface area contributed by atoms with Gasteiger partial charge in [-0.3, -0.25) is 4.98 Å². The maximum absolute atomic E-state index is 5.96. The molecule has 2 aromatic rings. The molecular weight excluding hydrogens is 240 g/mol. The Morgan fingerprint density at radius 1 is 1.32 bits per heavy atom. The summed E-state index contributed by atoms with van der Waals surface area (Å²) in [5.74, 6) is 0.756. The molecule has 1 unspecified atom stereocenters. The van der Waals surface area contributed by atoms with Gasteiger partial charge in [0, 0.05) is 25.1 Å². The van der Waals surface area contributed by atoms with E-state index < -0.39 is 0 Å². The third kappa shape index (κ3) is 5.52. The van der Waals surface area contributed by atoms with Crippen LogP contribution in [-0.4, -0.2) is 27.2 Å². The zero-order valence-electron chi connectivity index (χ0n) is 11.8. The van der Waals surface area contributed by atoms with Crippen molar-refractivity contribution in [2.24, 2.45) is 5.73 Å². The van der Waals surface area contributed by atoms with Crippen molar-refractivity contribution >= 4 is 0 Å². The van der Waals surface area contributed by atoms with Gasteiger partial charge < -0.3 is 15.0 Å². The Kier molecular flexibility index (Phi) is 6.60. The molecule has 0 aliphatic carbocycles. The SMILES string of the molecule is CC.Cc1cncc(OCC(N)Cn2ccnc2)c1. The van der Waals surface area contributed by atoms with E-state index in [1.54, 1.807) is 24.9 Å². The standard InChI is InChI=1S/C12H16N4O.C2H6/c1-10-4-12(6-15-5-10)17-8-11(13)7-16-3-2-14-9-16;1-2/h2-6,9,11H,7-8,13H2,1H3;1-2H3. The second kappa shape index (κ2) is 8.26. The van der Waals surface area contributed by atoms with Crippen LogP contribution >= 0.6 is 0 Å². The van der Waals surface area contributed by atoms with Crippen molar-refractivity contribution in [1.82, 2.24) is 14.5 Å². The highest BCUT2D eigenvalue weighted by Crippen LogP contribution is 2.10. The first-order valence-electron chi connectivity index (χ1n) is 6.50. The van der Waals surface area contributed by atoms with Gasteiger partial charge >= 0.3 is 0 Å². The highest BCUT2D eigenvalue weighted by molar-refractivity contribution is 5.22. The maximum Gasteiger partial charge on any atom is 0.137 e. The van der Waals surface area contributed by atoms with Gasteiger partial charge in [0.05, 0.1) is 18.6 Å². The second-order valence-electron chi connectivity index (χ2n) is 4.03. The number of aryl methyl sites for hydroxylation is 1. The van der Waals surface area contributed by atoms with E-state index in [2.05, 4.69) is 9.97 Å². The largest absolute Gasteiger partial charge is 0.490 e. The molecule has 1 atom stereocenters. The number of rotatable bonds is 5. The lowest BCUT2D eigenvalue weighted by Crippen LogP contribution is -2.32. The van der Waals surface area contributed by atoms with Crippen LogP contribution in [0.15, 0.2) is 37.2 Å². The first-order chi connectivity index (χ1) is 9.24. The third-order valence-electron chi connectivity index (χ3n) is 2.32. The lowest BCUT2D eigenvalue weighted by Gasteiger charge is -2.13. The summed E-state index contributed by atoms with van der Waals surface area (Å²) in [7, 11) is 0. The van der Waals surface area contributed by atoms with E-state index >= 15 is 0 Å². The van der Waals surface area contributed by atoms with Gasteiger partial charge in [-0.25, -0.2) is 4.98 Å². The molecule has 5 nitrogen and oxygen atoms in total. The number of nitrogens with zero attached hydrogens (tertiary/aromatic N) is 3. The molecule has 0 fully saturated rings. The summed E-state index contributed by atoms with van der Waals surface area (Å²) >= 11 is 0. The van der Waals surface area contributed by atoms with Crippen molar-refractivity contribution in [2.45, 2.75) is 33.4 Å². The van der Waals surface area contributed by atoms with Gasteiger partial charge in [-0.2, -0.15) is 0 Å². The summed E-state index contributed by atoms with van der Waals surface area (Å²) in [4.78, 5) is 8.02. The maximum atomic E-state index is 5.96. The second-order valence-corrected chi connectivity index (χ2v) is 4.03. The number of aromatic nitrogens is 3. The van der Waals surface area contributed by atoms with Crippen LogP contribution in [0.5, 0.6) is 5.75 Å². The minimum Gasteiger partial charge on any atom is -0.490 e. The lowest BCUT2D eigenvalue weighted by atomic mass is 10.3. The average Bonchev–Trinajstić information content (AvgIpc) is 2.92. The molecule has 0 aliphatic heterocycles. The summed E-state index contributed by atoms with van der Waals surface area (Å²) in [6.07, 6.45) is 8.84. The van der Waals surface area contributed by atoms with Gasteiger partial charge in [0.25, 0.3) is 0 Å². The number of hydrogen-bond donors (Lipinski definition) is 1. The summed E-state index contributed by atoms with van der Waals surface area (Å²) < 4.78 is 7.51. The van der Waals surface area contributed by atoms with Crippen LogP contribution in [-0.2, 0) is 6.54 Å². The Balaban J connectivity index is 0.000000861. The topological polar surface area (TPSA) is 66.0 Å². The summed E-state index contributed by atoms with van der Waals surface area (Å²) in [6, 6.07) is 1.88. The third-order valence-corrected chi connectivity index (χ3v) is 2.32. The molecule has 0 saturated heterocycles. The Bertz CT molecular complexity index is 456.